The summed E-state index contributed by atoms with van der Waals surface area (Å²) in [5, 5.41) is 19.8. The molecule has 1 aromatic rings. The number of rotatable bonds is 7. The van der Waals surface area contributed by atoms with Gasteiger partial charge in [0.2, 0.25) is 5.91 Å². The molecule has 1 rings (SSSR count). The van der Waals surface area contributed by atoms with Gasteiger partial charge in [0.1, 0.15) is 12.1 Å². The van der Waals surface area contributed by atoms with Gasteiger partial charge in [-0.1, -0.05) is 29.8 Å². The van der Waals surface area contributed by atoms with Gasteiger partial charge in [-0.05, 0) is 18.9 Å². The van der Waals surface area contributed by atoms with E-state index in [1.54, 1.807) is 24.3 Å². The Morgan fingerprint density at radius 1 is 1.19 bits per heavy atom. The van der Waals surface area contributed by atoms with Gasteiger partial charge in [-0.25, -0.2) is 4.79 Å². The lowest BCUT2D eigenvalue weighted by molar-refractivity contribution is -0.143. The number of carbonyl (C=O) groups is 3. The molecule has 0 aromatic heterocycles. The minimum absolute atomic E-state index is 0.197. The van der Waals surface area contributed by atoms with Crippen LogP contribution in [0.3, 0.4) is 0 Å². The van der Waals surface area contributed by atoms with Crippen molar-refractivity contribution in [3.8, 4) is 0 Å². The molecule has 0 spiro atoms. The second-order valence-corrected chi connectivity index (χ2v) is 4.72. The molecule has 0 aliphatic heterocycles. The largest absolute Gasteiger partial charge is 0.481 e. The lowest BCUT2D eigenvalue weighted by Crippen LogP contribution is -2.45. The van der Waals surface area contributed by atoms with Gasteiger partial charge in [0.15, 0.2) is 0 Å². The van der Waals surface area contributed by atoms with E-state index < -0.39 is 29.9 Å². The van der Waals surface area contributed by atoms with Gasteiger partial charge in [0, 0.05) is 6.42 Å². The van der Waals surface area contributed by atoms with E-state index in [1.165, 1.54) is 0 Å². The first kappa shape index (κ1) is 16.6. The van der Waals surface area contributed by atoms with Gasteiger partial charge < -0.3 is 21.3 Å². The quantitative estimate of drug-likeness (QED) is 0.577. The summed E-state index contributed by atoms with van der Waals surface area (Å²) in [5.74, 6) is -3.07. The fourth-order valence-corrected chi connectivity index (χ4v) is 1.71. The Bertz CT molecular complexity index is 527. The number of hydrogen-bond donors (Lipinski definition) is 4. The summed E-state index contributed by atoms with van der Waals surface area (Å²) in [6, 6.07) is 4.69. The molecular formula is C14H18N2O5. The Morgan fingerprint density at radius 2 is 1.76 bits per heavy atom. The second-order valence-electron chi connectivity index (χ2n) is 4.72. The Labute approximate surface area is 121 Å². The highest BCUT2D eigenvalue weighted by molar-refractivity contribution is 5.87. The molecule has 114 valence electrons. The van der Waals surface area contributed by atoms with Crippen LogP contribution in [-0.4, -0.2) is 34.1 Å². The zero-order valence-corrected chi connectivity index (χ0v) is 11.6. The van der Waals surface area contributed by atoms with Crippen molar-refractivity contribution in [2.45, 2.75) is 31.8 Å². The molecule has 0 radical (unpaired) electrons. The van der Waals surface area contributed by atoms with Crippen molar-refractivity contribution in [3.63, 3.8) is 0 Å². The van der Waals surface area contributed by atoms with Crippen molar-refractivity contribution < 1.29 is 24.6 Å². The van der Waals surface area contributed by atoms with E-state index in [4.69, 9.17) is 15.9 Å². The van der Waals surface area contributed by atoms with E-state index in [0.29, 0.717) is 5.56 Å². The topological polar surface area (TPSA) is 130 Å². The molecule has 1 amide bonds. The molecular weight excluding hydrogens is 276 g/mol. The lowest BCUT2D eigenvalue weighted by Gasteiger charge is -2.17. The summed E-state index contributed by atoms with van der Waals surface area (Å²) >= 11 is 0. The summed E-state index contributed by atoms with van der Waals surface area (Å²) in [7, 11) is 0. The van der Waals surface area contributed by atoms with Crippen molar-refractivity contribution in [3.05, 3.63) is 35.4 Å². The third-order valence-corrected chi connectivity index (χ3v) is 2.98. The molecule has 0 aliphatic carbocycles. The predicted molar refractivity (Wildman–Crippen MR) is 74.5 cm³/mol. The number of nitrogens with two attached hydrogens (primary N) is 1. The van der Waals surface area contributed by atoms with Crippen molar-refractivity contribution in [1.82, 2.24) is 5.32 Å². The summed E-state index contributed by atoms with van der Waals surface area (Å²) in [4.78, 5) is 33.4. The Balaban J connectivity index is 2.70. The highest BCUT2D eigenvalue weighted by Crippen LogP contribution is 2.12. The zero-order valence-electron chi connectivity index (χ0n) is 11.6. The average molecular weight is 294 g/mol. The monoisotopic (exact) mass is 294 g/mol. The van der Waals surface area contributed by atoms with Gasteiger partial charge in [-0.3, -0.25) is 9.59 Å². The van der Waals surface area contributed by atoms with Crippen LogP contribution in [-0.2, 0) is 14.4 Å². The van der Waals surface area contributed by atoms with Crippen LogP contribution in [0.15, 0.2) is 24.3 Å². The number of aryl methyl sites for hydroxylation is 1. The minimum Gasteiger partial charge on any atom is -0.481 e. The van der Waals surface area contributed by atoms with Crippen LogP contribution in [0.2, 0.25) is 0 Å². The third kappa shape index (κ3) is 5.23. The maximum absolute atomic E-state index is 11.9. The van der Waals surface area contributed by atoms with Crippen LogP contribution < -0.4 is 11.1 Å². The van der Waals surface area contributed by atoms with E-state index >= 15 is 0 Å². The van der Waals surface area contributed by atoms with E-state index in [9.17, 15) is 14.4 Å². The molecule has 0 saturated carbocycles. The zero-order chi connectivity index (χ0) is 16.0. The molecule has 0 heterocycles. The summed E-state index contributed by atoms with van der Waals surface area (Å²) in [6.07, 6.45) is -0.548. The molecule has 5 N–H and O–H groups in total. The van der Waals surface area contributed by atoms with Crippen LogP contribution in [0.1, 0.15) is 30.0 Å². The predicted octanol–water partition coefficient (Wildman–Crippen LogP) is 0.429. The normalized spacial score (nSPS) is 13.2. The molecule has 0 aliphatic rings. The fourth-order valence-electron chi connectivity index (χ4n) is 1.71. The van der Waals surface area contributed by atoms with Gasteiger partial charge in [-0.15, -0.1) is 0 Å². The van der Waals surface area contributed by atoms with Gasteiger partial charge >= 0.3 is 11.9 Å². The van der Waals surface area contributed by atoms with Crippen LogP contribution in [0.25, 0.3) is 0 Å². The SMILES string of the molecule is Cc1ccc(C(N)C(=O)NC(CCC(=O)O)C(=O)O)cc1. The average Bonchev–Trinajstić information content (AvgIpc) is 2.42. The number of nitrogens with one attached hydrogen (secondary N) is 1. The highest BCUT2D eigenvalue weighted by atomic mass is 16.4. The van der Waals surface area contributed by atoms with Crippen LogP contribution in [0.5, 0.6) is 0 Å². The molecule has 21 heavy (non-hydrogen) atoms. The fraction of sp³-hybridized carbons (Fsp3) is 0.357. The number of carboxylic acids is 2. The van der Waals surface area contributed by atoms with Crippen LogP contribution >= 0.6 is 0 Å². The minimum atomic E-state index is -1.29. The van der Waals surface area contributed by atoms with Gasteiger partial charge in [0.05, 0.1) is 0 Å². The van der Waals surface area contributed by atoms with Crippen molar-refractivity contribution in [1.29, 1.82) is 0 Å². The number of benzene rings is 1. The Hall–Kier alpha value is -2.41. The van der Waals surface area contributed by atoms with Gasteiger partial charge in [-0.2, -0.15) is 0 Å². The van der Waals surface area contributed by atoms with E-state index in [0.717, 1.165) is 5.56 Å². The lowest BCUT2D eigenvalue weighted by atomic mass is 10.0. The standard InChI is InChI=1S/C14H18N2O5/c1-8-2-4-9(5-3-8)12(15)13(19)16-10(14(20)21)6-7-11(17)18/h2-5,10,12H,6-7,15H2,1H3,(H,16,19)(H,17,18)(H,20,21). The van der Waals surface area contributed by atoms with E-state index in [2.05, 4.69) is 5.32 Å². The van der Waals surface area contributed by atoms with Crippen LogP contribution in [0, 0.1) is 6.92 Å². The summed E-state index contributed by atoms with van der Waals surface area (Å²) in [5.41, 5.74) is 7.34. The number of aliphatic carboxylic acids is 2. The number of carboxylic acid groups (broad SMARTS) is 2. The summed E-state index contributed by atoms with van der Waals surface area (Å²) < 4.78 is 0. The Kier molecular flexibility index (Phi) is 5.86. The number of carbonyl (C=O) groups excluding carboxylic acids is 1. The first-order valence-electron chi connectivity index (χ1n) is 6.38. The first-order valence-corrected chi connectivity index (χ1v) is 6.38. The van der Waals surface area contributed by atoms with Crippen LogP contribution in [0.4, 0.5) is 0 Å². The van der Waals surface area contributed by atoms with Crippen molar-refractivity contribution >= 4 is 17.8 Å². The Morgan fingerprint density at radius 3 is 2.24 bits per heavy atom. The van der Waals surface area contributed by atoms with Crippen molar-refractivity contribution in [2.24, 2.45) is 5.73 Å². The first-order chi connectivity index (χ1) is 9.81. The molecule has 1 aromatic carbocycles. The van der Waals surface area contributed by atoms with Crippen molar-refractivity contribution in [2.75, 3.05) is 0 Å². The van der Waals surface area contributed by atoms with E-state index in [-0.39, 0.29) is 12.8 Å². The maximum atomic E-state index is 11.9. The second kappa shape index (κ2) is 7.39. The molecule has 0 saturated heterocycles. The van der Waals surface area contributed by atoms with E-state index in [1.807, 2.05) is 6.92 Å². The molecule has 7 nitrogen and oxygen atoms in total. The highest BCUT2D eigenvalue weighted by Gasteiger charge is 2.24. The molecule has 2 unspecified atom stereocenters. The molecule has 0 fully saturated rings. The molecule has 2 atom stereocenters. The molecule has 0 bridgehead atoms. The third-order valence-electron chi connectivity index (χ3n) is 2.98. The molecule has 7 heteroatoms. The number of amides is 1. The smallest absolute Gasteiger partial charge is 0.326 e. The van der Waals surface area contributed by atoms with Gasteiger partial charge in [0.25, 0.3) is 0 Å². The number of hydrogen-bond acceptors (Lipinski definition) is 4. The maximum Gasteiger partial charge on any atom is 0.326 e. The summed E-state index contributed by atoms with van der Waals surface area (Å²) in [6.45, 7) is 1.89.